The van der Waals surface area contributed by atoms with E-state index in [1.165, 1.54) is 0 Å². The van der Waals surface area contributed by atoms with Gasteiger partial charge in [0.2, 0.25) is 0 Å². The van der Waals surface area contributed by atoms with E-state index >= 15 is 0 Å². The molecule has 0 atom stereocenters. The van der Waals surface area contributed by atoms with Gasteiger partial charge in [0.25, 0.3) is 0 Å². The number of nitrogens with one attached hydrogen (secondary N) is 1. The standard InChI is InChI=1S/C13H11Cl3N2/c1-8-3-2-4-10(18-8)7-17-13-11(15)5-9(14)6-12(13)16/h2-6,17H,7H2,1H3. The number of aromatic nitrogens is 1. The van der Waals surface area contributed by atoms with Crippen LogP contribution in [0.25, 0.3) is 0 Å². The SMILES string of the molecule is Cc1cccc(CNc2c(Cl)cc(Cl)cc2Cl)n1. The number of hydrogen-bond acceptors (Lipinski definition) is 2. The number of nitrogens with zero attached hydrogens (tertiary/aromatic N) is 1. The monoisotopic (exact) mass is 300 g/mol. The molecular formula is C13H11Cl3N2. The van der Waals surface area contributed by atoms with Gasteiger partial charge in [-0.2, -0.15) is 0 Å². The fourth-order valence-electron chi connectivity index (χ4n) is 1.59. The Kier molecular flexibility index (Phi) is 4.33. The van der Waals surface area contributed by atoms with Gasteiger partial charge >= 0.3 is 0 Å². The second kappa shape index (κ2) is 5.79. The molecule has 18 heavy (non-hydrogen) atoms. The summed E-state index contributed by atoms with van der Waals surface area (Å²) < 4.78 is 0. The lowest BCUT2D eigenvalue weighted by Crippen LogP contribution is -2.03. The Labute approximate surface area is 121 Å². The zero-order chi connectivity index (χ0) is 13.1. The molecule has 0 fully saturated rings. The summed E-state index contributed by atoms with van der Waals surface area (Å²) in [6, 6.07) is 9.16. The molecule has 1 N–H and O–H groups in total. The minimum Gasteiger partial charge on any atom is -0.377 e. The third kappa shape index (κ3) is 3.29. The Morgan fingerprint density at radius 2 is 1.78 bits per heavy atom. The third-order valence-electron chi connectivity index (χ3n) is 2.40. The number of anilines is 1. The fourth-order valence-corrected chi connectivity index (χ4v) is 2.54. The summed E-state index contributed by atoms with van der Waals surface area (Å²) in [6.45, 7) is 2.51. The van der Waals surface area contributed by atoms with Gasteiger partial charge in [0.15, 0.2) is 0 Å². The molecule has 0 saturated heterocycles. The quantitative estimate of drug-likeness (QED) is 0.866. The van der Waals surface area contributed by atoms with Gasteiger partial charge in [-0.1, -0.05) is 40.9 Å². The molecule has 1 aromatic heterocycles. The Balaban J connectivity index is 2.16. The van der Waals surface area contributed by atoms with E-state index < -0.39 is 0 Å². The molecule has 0 spiro atoms. The van der Waals surface area contributed by atoms with Crippen molar-refractivity contribution in [2.45, 2.75) is 13.5 Å². The predicted molar refractivity (Wildman–Crippen MR) is 77.8 cm³/mol. The molecule has 5 heteroatoms. The maximum atomic E-state index is 6.08. The molecule has 2 nitrogen and oxygen atoms in total. The summed E-state index contributed by atoms with van der Waals surface area (Å²) in [5, 5.41) is 4.69. The van der Waals surface area contributed by atoms with E-state index in [-0.39, 0.29) is 0 Å². The average molecular weight is 302 g/mol. The molecule has 0 unspecified atom stereocenters. The molecule has 1 aromatic carbocycles. The van der Waals surface area contributed by atoms with Gasteiger partial charge in [0.1, 0.15) is 0 Å². The van der Waals surface area contributed by atoms with Crippen LogP contribution in [0.3, 0.4) is 0 Å². The van der Waals surface area contributed by atoms with Crippen molar-refractivity contribution in [1.29, 1.82) is 0 Å². The minimum absolute atomic E-state index is 0.500. The molecule has 0 aliphatic rings. The summed E-state index contributed by atoms with van der Waals surface area (Å²) in [6.07, 6.45) is 0. The van der Waals surface area contributed by atoms with Gasteiger partial charge in [-0.15, -0.1) is 0 Å². The highest BCUT2D eigenvalue weighted by molar-refractivity contribution is 6.41. The molecule has 0 saturated carbocycles. The highest BCUT2D eigenvalue weighted by Gasteiger charge is 2.07. The Hall–Kier alpha value is -0.960. The summed E-state index contributed by atoms with van der Waals surface area (Å²) >= 11 is 18.0. The third-order valence-corrected chi connectivity index (χ3v) is 3.21. The maximum Gasteiger partial charge on any atom is 0.0723 e. The predicted octanol–water partition coefficient (Wildman–Crippen LogP) is 4.96. The normalized spacial score (nSPS) is 10.4. The van der Waals surface area contributed by atoms with Crippen LogP contribution in [-0.2, 0) is 6.54 Å². The first kappa shape index (κ1) is 13.5. The van der Waals surface area contributed by atoms with Gasteiger partial charge in [-0.05, 0) is 31.2 Å². The zero-order valence-corrected chi connectivity index (χ0v) is 11.9. The first-order valence-electron chi connectivity index (χ1n) is 5.37. The largest absolute Gasteiger partial charge is 0.377 e. The molecule has 2 rings (SSSR count). The molecule has 1 heterocycles. The van der Waals surface area contributed by atoms with E-state index in [4.69, 9.17) is 34.8 Å². The van der Waals surface area contributed by atoms with Gasteiger partial charge in [-0.3, -0.25) is 4.98 Å². The van der Waals surface area contributed by atoms with Crippen molar-refractivity contribution < 1.29 is 0 Å². The first-order chi connectivity index (χ1) is 8.56. The van der Waals surface area contributed by atoms with Crippen LogP contribution in [0.4, 0.5) is 5.69 Å². The molecule has 2 aromatic rings. The second-order valence-electron chi connectivity index (χ2n) is 3.87. The van der Waals surface area contributed by atoms with E-state index in [9.17, 15) is 0 Å². The lowest BCUT2D eigenvalue weighted by atomic mass is 10.3. The molecule has 0 radical (unpaired) electrons. The van der Waals surface area contributed by atoms with Crippen LogP contribution >= 0.6 is 34.8 Å². The van der Waals surface area contributed by atoms with Gasteiger partial charge in [0.05, 0.1) is 28.0 Å². The van der Waals surface area contributed by atoms with Gasteiger partial charge in [-0.25, -0.2) is 0 Å². The lowest BCUT2D eigenvalue weighted by molar-refractivity contribution is 1.02. The molecule has 94 valence electrons. The number of halogens is 3. The van der Waals surface area contributed by atoms with Crippen LogP contribution in [0.15, 0.2) is 30.3 Å². The summed E-state index contributed by atoms with van der Waals surface area (Å²) in [7, 11) is 0. The molecule has 0 aliphatic heterocycles. The fraction of sp³-hybridized carbons (Fsp3) is 0.154. The van der Waals surface area contributed by atoms with Crippen LogP contribution in [0.1, 0.15) is 11.4 Å². The lowest BCUT2D eigenvalue weighted by Gasteiger charge is -2.10. The van der Waals surface area contributed by atoms with Crippen LogP contribution in [0, 0.1) is 6.92 Å². The number of hydrogen-bond donors (Lipinski definition) is 1. The van der Waals surface area contributed by atoms with Crippen LogP contribution in [0.2, 0.25) is 15.1 Å². The van der Waals surface area contributed by atoms with Crippen molar-refractivity contribution >= 4 is 40.5 Å². The maximum absolute atomic E-state index is 6.08. The van der Waals surface area contributed by atoms with E-state index in [1.807, 2.05) is 25.1 Å². The Morgan fingerprint density at radius 3 is 2.39 bits per heavy atom. The van der Waals surface area contributed by atoms with Crippen molar-refractivity contribution in [2.24, 2.45) is 0 Å². The zero-order valence-electron chi connectivity index (χ0n) is 9.67. The van der Waals surface area contributed by atoms with E-state index in [0.717, 1.165) is 11.4 Å². The Morgan fingerprint density at radius 1 is 1.11 bits per heavy atom. The van der Waals surface area contributed by atoms with Crippen molar-refractivity contribution in [1.82, 2.24) is 4.98 Å². The van der Waals surface area contributed by atoms with Crippen molar-refractivity contribution in [3.63, 3.8) is 0 Å². The van der Waals surface area contributed by atoms with Gasteiger partial charge < -0.3 is 5.32 Å². The van der Waals surface area contributed by atoms with Crippen LogP contribution < -0.4 is 5.32 Å². The van der Waals surface area contributed by atoms with Crippen LogP contribution in [0.5, 0.6) is 0 Å². The summed E-state index contributed by atoms with van der Waals surface area (Å²) in [5.74, 6) is 0. The molecule has 0 bridgehead atoms. The Bertz CT molecular complexity index is 547. The highest BCUT2D eigenvalue weighted by atomic mass is 35.5. The molecule has 0 amide bonds. The van der Waals surface area contributed by atoms with Gasteiger partial charge in [0, 0.05) is 10.7 Å². The molecular weight excluding hydrogens is 291 g/mol. The summed E-state index contributed by atoms with van der Waals surface area (Å²) in [4.78, 5) is 4.39. The minimum atomic E-state index is 0.500. The smallest absolute Gasteiger partial charge is 0.0723 e. The van der Waals surface area contributed by atoms with Crippen molar-refractivity contribution in [3.8, 4) is 0 Å². The number of pyridine rings is 1. The van der Waals surface area contributed by atoms with E-state index in [2.05, 4.69) is 10.3 Å². The van der Waals surface area contributed by atoms with Crippen molar-refractivity contribution in [2.75, 3.05) is 5.32 Å². The van der Waals surface area contributed by atoms with E-state index in [0.29, 0.717) is 27.3 Å². The topological polar surface area (TPSA) is 24.9 Å². The first-order valence-corrected chi connectivity index (χ1v) is 6.50. The highest BCUT2D eigenvalue weighted by Crippen LogP contribution is 2.33. The average Bonchev–Trinajstić information content (AvgIpc) is 2.27. The molecule has 0 aliphatic carbocycles. The van der Waals surface area contributed by atoms with E-state index in [1.54, 1.807) is 12.1 Å². The van der Waals surface area contributed by atoms with Crippen molar-refractivity contribution in [3.05, 3.63) is 56.8 Å². The second-order valence-corrected chi connectivity index (χ2v) is 5.12. The number of rotatable bonds is 3. The number of benzene rings is 1. The number of aryl methyl sites for hydroxylation is 1. The van der Waals surface area contributed by atoms with Crippen LogP contribution in [-0.4, -0.2) is 4.98 Å². The summed E-state index contributed by atoms with van der Waals surface area (Å²) in [5.41, 5.74) is 2.57.